The summed E-state index contributed by atoms with van der Waals surface area (Å²) in [6.07, 6.45) is 28.9. The molecule has 4 fully saturated rings. The molecule has 0 N–H and O–H groups in total. The van der Waals surface area contributed by atoms with E-state index in [0.717, 1.165) is 22.5 Å². The Balaban J connectivity index is 0.000000682. The Kier molecular flexibility index (Phi) is 16.8. The van der Waals surface area contributed by atoms with Gasteiger partial charge < -0.3 is 0 Å². The van der Waals surface area contributed by atoms with E-state index >= 15 is 0 Å². The molecular weight excluding hydrogens is 684 g/mol. The fourth-order valence-corrected chi connectivity index (χ4v) is 18.9. The summed E-state index contributed by atoms with van der Waals surface area (Å²) < 4.78 is 0. The molecule has 0 spiro atoms. The minimum absolute atomic E-state index is 0. The van der Waals surface area contributed by atoms with E-state index in [0.29, 0.717) is 10.8 Å². The van der Waals surface area contributed by atoms with Crippen LogP contribution in [0.25, 0.3) is 0 Å². The predicted octanol–water partition coefficient (Wildman–Crippen LogP) is 13.9. The van der Waals surface area contributed by atoms with Crippen molar-refractivity contribution in [2.75, 3.05) is 0 Å². The summed E-state index contributed by atoms with van der Waals surface area (Å²) in [6.45, 7) is 2.70. The van der Waals surface area contributed by atoms with Gasteiger partial charge in [-0.1, -0.05) is 112 Å². The van der Waals surface area contributed by atoms with Crippen LogP contribution < -0.4 is 5.30 Å². The topological polar surface area (TPSA) is 23.8 Å². The molecule has 0 saturated heterocycles. The van der Waals surface area contributed by atoms with E-state index in [9.17, 15) is 5.26 Å². The van der Waals surface area contributed by atoms with Crippen LogP contribution in [0.2, 0.25) is 0 Å². The maximum absolute atomic E-state index is 9.58. The fourth-order valence-electron chi connectivity index (χ4n) is 9.98. The van der Waals surface area contributed by atoms with Gasteiger partial charge >= 0.3 is 17.1 Å². The largest absolute Gasteiger partial charge is 2.00 e. The summed E-state index contributed by atoms with van der Waals surface area (Å²) in [7, 11) is -0.303. The monoisotopic (exact) mass is 742 g/mol. The molecule has 0 aliphatic heterocycles. The molecule has 4 aliphatic rings. The standard InChI is InChI=1S/C38H54NP2.C5H5.Cl.Fe/c1-30(36-21-14-22-37(36)40(33-15-6-2-7-16-33)34-17-8-3-9-18-34)41(35-19-10-4-11-20-35)38(27-12-5-13-28-38)32-25-23-31(29-39)24-26-32;1-2-4-5-3-1;;/h14,21-26,30,33-35H,2-13,15-20,27-28H2,1H3;1-5H;;/q2*-1;;+2/t30?,41-;;;/m0.../s1. The van der Waals surface area contributed by atoms with Crippen LogP contribution in [-0.4, -0.2) is 17.0 Å². The van der Waals surface area contributed by atoms with Gasteiger partial charge in [-0.25, -0.2) is 24.3 Å². The molecule has 1 unspecified atom stereocenters. The van der Waals surface area contributed by atoms with E-state index in [1.807, 2.05) is 35.6 Å². The van der Waals surface area contributed by atoms with Crippen LogP contribution in [-0.2, 0) is 22.2 Å². The Morgan fingerprint density at radius 3 is 1.69 bits per heavy atom. The van der Waals surface area contributed by atoms with E-state index in [-0.39, 0.29) is 45.3 Å². The van der Waals surface area contributed by atoms with E-state index in [4.69, 9.17) is 0 Å². The molecule has 5 heteroatoms. The van der Waals surface area contributed by atoms with Crippen molar-refractivity contribution in [1.29, 1.82) is 5.26 Å². The van der Waals surface area contributed by atoms with Gasteiger partial charge in [0.15, 0.2) is 0 Å². The Bertz CT molecular complexity index is 1280. The van der Waals surface area contributed by atoms with Crippen molar-refractivity contribution >= 4 is 33.6 Å². The average molecular weight is 743 g/mol. The van der Waals surface area contributed by atoms with Crippen molar-refractivity contribution in [1.82, 2.24) is 0 Å². The SMILES string of the molecule is CC([c-]1cccc1P(C1CCCCC1)C1CCCCC1)[P@@](C1CCCCC1)C1(c2ccc(C#N)cc2)CCCCC1.[Cl].[Fe+2].c1cc[cH-]c1. The number of hydrogen-bond acceptors (Lipinski definition) is 1. The number of benzene rings is 1. The maximum atomic E-state index is 9.58. The maximum Gasteiger partial charge on any atom is 2.00 e. The second-order valence-corrected chi connectivity index (χ2v) is 20.9. The molecule has 1 nitrogen and oxygen atoms in total. The second kappa shape index (κ2) is 20.2. The Morgan fingerprint density at radius 2 is 1.21 bits per heavy atom. The predicted molar refractivity (Wildman–Crippen MR) is 208 cm³/mol. The first-order valence-electron chi connectivity index (χ1n) is 19.2. The van der Waals surface area contributed by atoms with Gasteiger partial charge in [-0.2, -0.15) is 29.5 Å². The van der Waals surface area contributed by atoms with Crippen LogP contribution in [0.5, 0.6) is 0 Å². The summed E-state index contributed by atoms with van der Waals surface area (Å²) in [5.74, 6) is 0. The molecule has 3 aromatic rings. The molecular formula is C43H59ClFeNP2. The van der Waals surface area contributed by atoms with Gasteiger partial charge in [-0.05, 0) is 91.7 Å². The Morgan fingerprint density at radius 1 is 0.708 bits per heavy atom. The summed E-state index contributed by atoms with van der Waals surface area (Å²) in [5.41, 5.74) is 7.69. The number of nitriles is 1. The smallest absolute Gasteiger partial charge is 0.214 e. The van der Waals surface area contributed by atoms with Crippen molar-refractivity contribution in [3.05, 3.63) is 89.5 Å². The van der Waals surface area contributed by atoms with Crippen molar-refractivity contribution in [2.24, 2.45) is 0 Å². The summed E-state index contributed by atoms with van der Waals surface area (Å²) in [6, 6.07) is 29.2. The van der Waals surface area contributed by atoms with Gasteiger partial charge in [0.05, 0.1) is 11.6 Å². The zero-order valence-corrected chi connectivity index (χ0v) is 33.1. The van der Waals surface area contributed by atoms with Crippen LogP contribution in [0, 0.1) is 11.3 Å². The van der Waals surface area contributed by atoms with Crippen LogP contribution in [0.1, 0.15) is 158 Å². The van der Waals surface area contributed by atoms with Gasteiger partial charge in [0.25, 0.3) is 0 Å². The van der Waals surface area contributed by atoms with Crippen LogP contribution in [0.3, 0.4) is 0 Å². The molecule has 261 valence electrons. The van der Waals surface area contributed by atoms with Gasteiger partial charge in [0.2, 0.25) is 0 Å². The molecule has 1 radical (unpaired) electrons. The van der Waals surface area contributed by atoms with Gasteiger partial charge in [0.1, 0.15) is 0 Å². The fraction of sp³-hybridized carbons (Fsp3) is 0.605. The van der Waals surface area contributed by atoms with Gasteiger partial charge in [-0.3, -0.25) is 0 Å². The van der Waals surface area contributed by atoms with Gasteiger partial charge in [0, 0.05) is 17.6 Å². The summed E-state index contributed by atoms with van der Waals surface area (Å²) in [5, 5.41) is 11.8. The average Bonchev–Trinajstić information content (AvgIpc) is 3.87. The minimum Gasteiger partial charge on any atom is -0.214 e. The molecule has 3 aromatic carbocycles. The van der Waals surface area contributed by atoms with Crippen molar-refractivity contribution < 1.29 is 17.1 Å². The van der Waals surface area contributed by atoms with E-state index < -0.39 is 0 Å². The molecule has 4 saturated carbocycles. The normalized spacial score (nSPS) is 21.9. The number of halogens is 1. The third kappa shape index (κ3) is 9.49. The number of rotatable bonds is 8. The van der Waals surface area contributed by atoms with Gasteiger partial charge in [-0.15, -0.1) is 10.9 Å². The molecule has 4 aliphatic carbocycles. The zero-order valence-electron chi connectivity index (χ0n) is 29.5. The molecule has 2 atom stereocenters. The molecule has 0 heterocycles. The molecule has 0 aromatic heterocycles. The van der Waals surface area contributed by atoms with E-state index in [1.165, 1.54) is 128 Å². The third-order valence-corrected chi connectivity index (χ3v) is 19.8. The molecule has 48 heavy (non-hydrogen) atoms. The molecule has 0 bridgehead atoms. The second-order valence-electron chi connectivity index (χ2n) is 15.0. The first-order valence-corrected chi connectivity index (χ1v) is 22.2. The van der Waals surface area contributed by atoms with Crippen molar-refractivity contribution in [2.45, 2.75) is 163 Å². The quantitative estimate of drug-likeness (QED) is 0.128. The summed E-state index contributed by atoms with van der Waals surface area (Å²) >= 11 is 0. The first kappa shape index (κ1) is 39.9. The van der Waals surface area contributed by atoms with Crippen molar-refractivity contribution in [3.8, 4) is 6.07 Å². The van der Waals surface area contributed by atoms with E-state index in [2.05, 4.69) is 55.5 Å². The minimum atomic E-state index is -0.232. The Hall–Kier alpha value is -0.921. The van der Waals surface area contributed by atoms with Crippen LogP contribution >= 0.6 is 28.3 Å². The number of nitrogens with zero attached hydrogens (tertiary/aromatic N) is 1. The van der Waals surface area contributed by atoms with Crippen LogP contribution in [0.15, 0.2) is 72.8 Å². The molecule has 0 amide bonds. The molecule has 7 rings (SSSR count). The van der Waals surface area contributed by atoms with Crippen LogP contribution in [0.4, 0.5) is 0 Å². The Labute approximate surface area is 313 Å². The van der Waals surface area contributed by atoms with Crippen molar-refractivity contribution in [3.63, 3.8) is 0 Å². The number of hydrogen-bond donors (Lipinski definition) is 0. The van der Waals surface area contributed by atoms with E-state index in [1.54, 1.807) is 11.1 Å². The first-order chi connectivity index (χ1) is 22.7. The summed E-state index contributed by atoms with van der Waals surface area (Å²) in [4.78, 5) is 0. The zero-order chi connectivity index (χ0) is 31.6. The third-order valence-electron chi connectivity index (χ3n) is 12.2.